The number of phenolic OH excluding ortho intramolecular Hbond substituents is 1. The molecule has 1 N–H and O–H groups in total. The molecule has 0 radical (unpaired) electrons. The summed E-state index contributed by atoms with van der Waals surface area (Å²) >= 11 is 3.48. The van der Waals surface area contributed by atoms with Crippen LogP contribution in [0.15, 0.2) is 18.2 Å². The Balaban J connectivity index is 1.92. The van der Waals surface area contributed by atoms with Crippen LogP contribution in [0.4, 0.5) is 0 Å². The molecule has 0 heterocycles. The van der Waals surface area contributed by atoms with Crippen LogP contribution in [0.1, 0.15) is 107 Å². The minimum Gasteiger partial charge on any atom is -0.504 e. The summed E-state index contributed by atoms with van der Waals surface area (Å²) in [7, 11) is 1.50. The number of benzene rings is 1. The second-order valence-corrected chi connectivity index (χ2v) is 8.49. The number of hydrogen-bond donors (Lipinski definition) is 1. The molecule has 28 heavy (non-hydrogen) atoms. The summed E-state index contributed by atoms with van der Waals surface area (Å²) in [6, 6.07) is 4.82. The highest BCUT2D eigenvalue weighted by molar-refractivity contribution is 9.09. The lowest BCUT2D eigenvalue weighted by Gasteiger charge is -2.06. The average molecular weight is 455 g/mol. The summed E-state index contributed by atoms with van der Waals surface area (Å²) in [6.07, 6.45) is 18.9. The van der Waals surface area contributed by atoms with Crippen molar-refractivity contribution in [3.8, 4) is 11.5 Å². The van der Waals surface area contributed by atoms with E-state index in [9.17, 15) is 9.90 Å². The number of unbranched alkanes of at least 4 members (excludes halogenated alkanes) is 13. The van der Waals surface area contributed by atoms with Crippen LogP contribution in [0, 0.1) is 0 Å². The van der Waals surface area contributed by atoms with E-state index in [1.165, 1.54) is 90.2 Å². The fraction of sp³-hybridized carbons (Fsp3) is 0.708. The van der Waals surface area contributed by atoms with E-state index in [2.05, 4.69) is 15.9 Å². The molecule has 0 amide bonds. The SMILES string of the molecule is COc1cc(C(=O)CCCCCCCCCCCCCCCCBr)ccc1O. The van der Waals surface area contributed by atoms with E-state index in [0.717, 1.165) is 18.2 Å². The third kappa shape index (κ3) is 11.7. The number of halogens is 1. The van der Waals surface area contributed by atoms with Gasteiger partial charge in [-0.15, -0.1) is 0 Å². The Labute approximate surface area is 180 Å². The number of phenols is 1. The molecular weight excluding hydrogens is 416 g/mol. The quantitative estimate of drug-likeness (QED) is 0.139. The van der Waals surface area contributed by atoms with E-state index >= 15 is 0 Å². The first-order valence-electron chi connectivity index (χ1n) is 11.1. The number of Topliss-reactive ketones (excluding diaryl/α,β-unsaturated/α-hetero) is 1. The number of carbonyl (C=O) groups excluding carboxylic acids is 1. The number of aromatic hydroxyl groups is 1. The summed E-state index contributed by atoms with van der Waals surface area (Å²) in [5.74, 6) is 0.565. The lowest BCUT2D eigenvalue weighted by molar-refractivity contribution is 0.0978. The summed E-state index contributed by atoms with van der Waals surface area (Å²) in [5.41, 5.74) is 0.623. The van der Waals surface area contributed by atoms with E-state index < -0.39 is 0 Å². The van der Waals surface area contributed by atoms with Crippen molar-refractivity contribution in [3.63, 3.8) is 0 Å². The van der Waals surface area contributed by atoms with E-state index in [4.69, 9.17) is 4.74 Å². The maximum Gasteiger partial charge on any atom is 0.163 e. The highest BCUT2D eigenvalue weighted by atomic mass is 79.9. The monoisotopic (exact) mass is 454 g/mol. The van der Waals surface area contributed by atoms with Crippen molar-refractivity contribution in [2.75, 3.05) is 12.4 Å². The first kappa shape index (κ1) is 25.0. The molecule has 3 nitrogen and oxygen atoms in total. The van der Waals surface area contributed by atoms with Gasteiger partial charge in [-0.3, -0.25) is 4.79 Å². The molecule has 0 atom stereocenters. The Morgan fingerprint density at radius 1 is 0.821 bits per heavy atom. The minimum absolute atomic E-state index is 0.0735. The van der Waals surface area contributed by atoms with Gasteiger partial charge in [-0.1, -0.05) is 93.0 Å². The molecule has 0 aliphatic rings. The number of methoxy groups -OCH3 is 1. The smallest absolute Gasteiger partial charge is 0.163 e. The van der Waals surface area contributed by atoms with Crippen LogP contribution < -0.4 is 4.74 Å². The first-order valence-corrected chi connectivity index (χ1v) is 12.3. The Kier molecular flexibility index (Phi) is 15.1. The zero-order valence-electron chi connectivity index (χ0n) is 17.7. The van der Waals surface area contributed by atoms with Crippen LogP contribution in [-0.2, 0) is 0 Å². The van der Waals surface area contributed by atoms with Crippen molar-refractivity contribution in [1.29, 1.82) is 0 Å². The fourth-order valence-electron chi connectivity index (χ4n) is 3.50. The van der Waals surface area contributed by atoms with Crippen LogP contribution in [0.3, 0.4) is 0 Å². The molecule has 1 aromatic carbocycles. The van der Waals surface area contributed by atoms with Gasteiger partial charge in [0.2, 0.25) is 0 Å². The number of ether oxygens (including phenoxy) is 1. The number of ketones is 1. The Morgan fingerprint density at radius 3 is 1.75 bits per heavy atom. The second kappa shape index (κ2) is 16.9. The maximum atomic E-state index is 12.2. The Morgan fingerprint density at radius 2 is 1.29 bits per heavy atom. The third-order valence-electron chi connectivity index (χ3n) is 5.29. The van der Waals surface area contributed by atoms with Crippen LogP contribution >= 0.6 is 15.9 Å². The largest absolute Gasteiger partial charge is 0.504 e. The summed E-state index contributed by atoms with van der Waals surface area (Å²) in [5, 5.41) is 10.7. The predicted octanol–water partition coefficient (Wildman–Crippen LogP) is 7.83. The molecule has 0 aliphatic carbocycles. The number of alkyl halides is 1. The Bertz CT molecular complexity index is 531. The van der Waals surface area contributed by atoms with Gasteiger partial charge in [0.25, 0.3) is 0 Å². The summed E-state index contributed by atoms with van der Waals surface area (Å²) in [4.78, 5) is 12.2. The number of hydrogen-bond acceptors (Lipinski definition) is 3. The van der Waals surface area contributed by atoms with E-state index in [-0.39, 0.29) is 11.5 Å². The third-order valence-corrected chi connectivity index (χ3v) is 5.85. The van der Waals surface area contributed by atoms with Gasteiger partial charge in [-0.2, -0.15) is 0 Å². The predicted molar refractivity (Wildman–Crippen MR) is 122 cm³/mol. The van der Waals surface area contributed by atoms with E-state index in [0.29, 0.717) is 17.7 Å². The molecule has 0 saturated carbocycles. The van der Waals surface area contributed by atoms with Gasteiger partial charge in [-0.05, 0) is 31.0 Å². The van der Waals surface area contributed by atoms with Gasteiger partial charge in [0.15, 0.2) is 17.3 Å². The highest BCUT2D eigenvalue weighted by Crippen LogP contribution is 2.27. The lowest BCUT2D eigenvalue weighted by atomic mass is 10.0. The Hall–Kier alpha value is -1.03. The topological polar surface area (TPSA) is 46.5 Å². The van der Waals surface area contributed by atoms with Gasteiger partial charge >= 0.3 is 0 Å². The molecule has 0 bridgehead atoms. The van der Waals surface area contributed by atoms with Gasteiger partial charge < -0.3 is 9.84 Å². The van der Waals surface area contributed by atoms with Crippen molar-refractivity contribution >= 4 is 21.7 Å². The highest BCUT2D eigenvalue weighted by Gasteiger charge is 2.09. The molecular formula is C24H39BrO3. The van der Waals surface area contributed by atoms with Crippen molar-refractivity contribution in [2.45, 2.75) is 96.3 Å². The average Bonchev–Trinajstić information content (AvgIpc) is 2.71. The van der Waals surface area contributed by atoms with Crippen molar-refractivity contribution in [3.05, 3.63) is 23.8 Å². The molecule has 0 aromatic heterocycles. The van der Waals surface area contributed by atoms with Crippen LogP contribution in [-0.4, -0.2) is 23.3 Å². The standard InChI is InChI=1S/C24H39BrO3/c1-28-24-20-21(17-18-23(24)27)22(26)16-14-12-10-8-6-4-2-3-5-7-9-11-13-15-19-25/h17-18,20,27H,2-16,19H2,1H3. The van der Waals surface area contributed by atoms with Crippen LogP contribution in [0.25, 0.3) is 0 Å². The molecule has 0 fully saturated rings. The second-order valence-electron chi connectivity index (χ2n) is 7.70. The molecule has 160 valence electrons. The molecule has 0 unspecified atom stereocenters. The molecule has 0 saturated heterocycles. The normalized spacial score (nSPS) is 10.9. The lowest BCUT2D eigenvalue weighted by Crippen LogP contribution is -1.99. The van der Waals surface area contributed by atoms with E-state index in [1.54, 1.807) is 12.1 Å². The van der Waals surface area contributed by atoms with E-state index in [1.807, 2.05) is 0 Å². The first-order chi connectivity index (χ1) is 13.7. The van der Waals surface area contributed by atoms with Gasteiger partial charge in [0.05, 0.1) is 7.11 Å². The minimum atomic E-state index is 0.0735. The van der Waals surface area contributed by atoms with Crippen LogP contribution in [0.5, 0.6) is 11.5 Å². The number of rotatable bonds is 18. The van der Waals surface area contributed by atoms with Crippen LogP contribution in [0.2, 0.25) is 0 Å². The zero-order chi connectivity index (χ0) is 20.5. The zero-order valence-corrected chi connectivity index (χ0v) is 19.3. The number of carbonyl (C=O) groups is 1. The van der Waals surface area contributed by atoms with Gasteiger partial charge in [0.1, 0.15) is 0 Å². The molecule has 0 spiro atoms. The van der Waals surface area contributed by atoms with Crippen molar-refractivity contribution < 1.29 is 14.6 Å². The summed E-state index contributed by atoms with van der Waals surface area (Å²) < 4.78 is 5.06. The van der Waals surface area contributed by atoms with Crippen molar-refractivity contribution in [2.24, 2.45) is 0 Å². The molecule has 1 aromatic rings. The summed E-state index contributed by atoms with van der Waals surface area (Å²) in [6.45, 7) is 0. The molecule has 4 heteroatoms. The maximum absolute atomic E-state index is 12.2. The van der Waals surface area contributed by atoms with Gasteiger partial charge in [-0.25, -0.2) is 0 Å². The van der Waals surface area contributed by atoms with Gasteiger partial charge in [0, 0.05) is 17.3 Å². The molecule has 0 aliphatic heterocycles. The van der Waals surface area contributed by atoms with Crippen molar-refractivity contribution in [1.82, 2.24) is 0 Å². The fourth-order valence-corrected chi connectivity index (χ4v) is 3.89. The molecule has 1 rings (SSSR count).